The molecule has 0 bridgehead atoms. The van der Waals surface area contributed by atoms with E-state index in [9.17, 15) is 10.1 Å². The molecule has 0 aliphatic rings. The molecule has 42 valence electrons. The van der Waals surface area contributed by atoms with E-state index in [0.717, 1.165) is 15.1 Å². The van der Waals surface area contributed by atoms with Crippen LogP contribution in [0.1, 0.15) is 0 Å². The number of nitrogens with two attached hydrogens (primary N) is 1. The fourth-order valence-electron chi connectivity index (χ4n) is 0.138. The van der Waals surface area contributed by atoms with Crippen molar-refractivity contribution < 1.29 is 5.03 Å². The summed E-state index contributed by atoms with van der Waals surface area (Å²) in [5.74, 6) is 0. The highest BCUT2D eigenvalue weighted by Gasteiger charge is 1.94. The fraction of sp³-hybridized carbons (Fsp3) is 0. The van der Waals surface area contributed by atoms with Gasteiger partial charge in [0.25, 0.3) is 7.55 Å². The Morgan fingerprint density at radius 1 is 1.75 bits per heavy atom. The van der Waals surface area contributed by atoms with Gasteiger partial charge in [-0.25, -0.2) is 10.1 Å². The Bertz CT molecular complexity index is 74.4. The van der Waals surface area contributed by atoms with Gasteiger partial charge >= 0.3 is 7.55 Å². The average molecular weight is 114 g/mol. The second kappa shape index (κ2) is 4.41. The average Bonchev–Trinajstić information content (AvgIpc) is 1.66. The van der Waals surface area contributed by atoms with Crippen LogP contribution in [-0.2, 0) is 0 Å². The first-order valence-corrected chi connectivity index (χ1v) is 1.79. The molecule has 0 aliphatic heterocycles. The molecule has 8 heteroatoms. The van der Waals surface area contributed by atoms with Crippen LogP contribution < -0.4 is 16.1 Å². The van der Waals surface area contributed by atoms with Crippen molar-refractivity contribution in [2.75, 3.05) is 0 Å². The molecule has 0 aromatic rings. The molecule has 0 aromatic heterocycles. The first kappa shape index (κ1) is 7.25. The van der Waals surface area contributed by atoms with E-state index in [0.29, 0.717) is 0 Å². The lowest BCUT2D eigenvalue weighted by atomic mass is 10.0. The number of nitrogens with zero attached hydrogens (tertiary/aromatic N) is 1. The van der Waals surface area contributed by atoms with Gasteiger partial charge in [0.15, 0.2) is 0 Å². The Hall–Kier alpha value is -0.750. The summed E-state index contributed by atoms with van der Waals surface area (Å²) in [6.07, 6.45) is 0. The number of hydrogen-bond donors (Lipinski definition) is 3. The minimum atomic E-state index is -0.712. The second-order valence-electron chi connectivity index (χ2n) is 0.864. The number of nitro groups is 1. The summed E-state index contributed by atoms with van der Waals surface area (Å²) in [5.41, 5.74) is 4.78. The van der Waals surface area contributed by atoms with Crippen molar-refractivity contribution in [2.45, 2.75) is 0 Å². The van der Waals surface area contributed by atoms with E-state index in [1.54, 1.807) is 5.34 Å². The van der Waals surface area contributed by atoms with Crippen LogP contribution in [0, 0.1) is 10.1 Å². The van der Waals surface area contributed by atoms with E-state index in [1.165, 1.54) is 0 Å². The molecule has 0 amide bonds. The molecular weight excluding hydrogens is 110 g/mol. The maximum atomic E-state index is 9.44. The summed E-state index contributed by atoms with van der Waals surface area (Å²) in [7, 11) is 2.07. The molecule has 4 N–H and O–H groups in total. The van der Waals surface area contributed by atoms with Crippen LogP contribution in [0.15, 0.2) is 0 Å². The molecule has 0 heterocycles. The highest BCUT2D eigenvalue weighted by atomic mass is 16.7. The summed E-state index contributed by atoms with van der Waals surface area (Å²) in [4.78, 5) is 9.44. The Labute approximate surface area is 47.5 Å². The first-order chi connectivity index (χ1) is 3.77. The van der Waals surface area contributed by atoms with E-state index >= 15 is 0 Å². The van der Waals surface area contributed by atoms with E-state index in [1.807, 2.05) is 0 Å². The second-order valence-corrected chi connectivity index (χ2v) is 0.864. The van der Waals surface area contributed by atoms with Gasteiger partial charge in [0.2, 0.25) is 0 Å². The summed E-state index contributed by atoms with van der Waals surface area (Å²) in [6, 6.07) is 0. The molecule has 0 saturated carbocycles. The zero-order chi connectivity index (χ0) is 6.41. The minimum Gasteiger partial charge on any atom is -0.367 e. The lowest BCUT2D eigenvalue weighted by molar-refractivity contribution is -0.521. The number of nitrogens with one attached hydrogen (secondary N) is 2. The molecule has 8 heavy (non-hydrogen) atoms. The zero-order valence-corrected chi connectivity index (χ0v) is 4.00. The highest BCUT2D eigenvalue weighted by molar-refractivity contribution is 6.46. The van der Waals surface area contributed by atoms with Gasteiger partial charge in [-0.2, -0.15) is 5.34 Å². The zero-order valence-electron chi connectivity index (χ0n) is 4.00. The molecule has 0 rings (SSSR count). The molecular formula is H4B2N4O2. The van der Waals surface area contributed by atoms with Crippen LogP contribution in [0.2, 0.25) is 0 Å². The van der Waals surface area contributed by atoms with Crippen molar-refractivity contribution in [1.82, 2.24) is 10.5 Å². The van der Waals surface area contributed by atoms with Gasteiger partial charge in [0, 0.05) is 0 Å². The van der Waals surface area contributed by atoms with Gasteiger partial charge in [0.1, 0.15) is 5.03 Å². The molecule has 0 atom stereocenters. The van der Waals surface area contributed by atoms with E-state index < -0.39 is 5.03 Å². The summed E-state index contributed by atoms with van der Waals surface area (Å²) in [5, 5.41) is 12.7. The number of rotatable bonds is 4. The van der Waals surface area contributed by atoms with Crippen molar-refractivity contribution in [2.24, 2.45) is 5.64 Å². The van der Waals surface area contributed by atoms with Gasteiger partial charge in [-0.15, -0.1) is 0 Å². The third-order valence-corrected chi connectivity index (χ3v) is 0.350. The van der Waals surface area contributed by atoms with Gasteiger partial charge in [-0.1, -0.05) is 0 Å². The van der Waals surface area contributed by atoms with Crippen LogP contribution in [0.25, 0.3) is 0 Å². The largest absolute Gasteiger partial charge is 0.416 e. The lowest BCUT2D eigenvalue weighted by Gasteiger charge is -1.90. The van der Waals surface area contributed by atoms with Crippen molar-refractivity contribution in [3.63, 3.8) is 0 Å². The predicted octanol–water partition coefficient (Wildman–Crippen LogP) is -2.62. The smallest absolute Gasteiger partial charge is 0.367 e. The minimum absolute atomic E-state index is 0.712. The predicted molar refractivity (Wildman–Crippen MR) is 29.0 cm³/mol. The summed E-state index contributed by atoms with van der Waals surface area (Å²) in [6.45, 7) is 0. The molecule has 0 spiro atoms. The Morgan fingerprint density at radius 3 is 2.75 bits per heavy atom. The standard InChI is InChI=1S/B2H4N4O2/c3-1-4-2-5-6(7)8/h4-5H,3H2. The van der Waals surface area contributed by atoms with Crippen LogP contribution in [0.4, 0.5) is 0 Å². The first-order valence-electron chi connectivity index (χ1n) is 1.79. The Balaban J connectivity index is 2.82. The molecule has 0 aliphatic carbocycles. The van der Waals surface area contributed by atoms with E-state index in [4.69, 9.17) is 5.64 Å². The van der Waals surface area contributed by atoms with Gasteiger partial charge in [0.05, 0.1) is 0 Å². The highest BCUT2D eigenvalue weighted by Crippen LogP contribution is 1.47. The molecule has 2 radical (unpaired) electrons. The topological polar surface area (TPSA) is 93.2 Å². The van der Waals surface area contributed by atoms with Crippen molar-refractivity contribution in [3.8, 4) is 0 Å². The molecule has 0 aromatic carbocycles. The molecule has 0 unspecified atom stereocenters. The molecule has 0 fully saturated rings. The van der Waals surface area contributed by atoms with Crippen LogP contribution in [-0.4, -0.2) is 20.1 Å². The van der Waals surface area contributed by atoms with Gasteiger partial charge in [-0.3, -0.25) is 0 Å². The number of hydrogen-bond acceptors (Lipinski definition) is 4. The van der Waals surface area contributed by atoms with Crippen molar-refractivity contribution in [1.29, 1.82) is 0 Å². The number of hydrazine groups is 1. The quantitative estimate of drug-likeness (QED) is 0.161. The maximum Gasteiger partial charge on any atom is 0.416 e. The SMILES string of the molecule is N[B]N[B]N[N+](=O)[O-]. The summed E-state index contributed by atoms with van der Waals surface area (Å²) >= 11 is 0. The van der Waals surface area contributed by atoms with Crippen molar-refractivity contribution >= 4 is 15.1 Å². The van der Waals surface area contributed by atoms with Crippen LogP contribution >= 0.6 is 0 Å². The molecule has 6 nitrogen and oxygen atoms in total. The van der Waals surface area contributed by atoms with Gasteiger partial charge < -0.3 is 10.8 Å². The normalized spacial score (nSPS) is 7.62. The Kier molecular flexibility index (Phi) is 4.00. The molecule has 0 saturated heterocycles. The van der Waals surface area contributed by atoms with E-state index in [2.05, 4.69) is 5.14 Å². The third-order valence-electron chi connectivity index (χ3n) is 0.350. The monoisotopic (exact) mass is 114 g/mol. The summed E-state index contributed by atoms with van der Waals surface area (Å²) < 4.78 is 0. The van der Waals surface area contributed by atoms with Crippen LogP contribution in [0.5, 0.6) is 0 Å². The van der Waals surface area contributed by atoms with Gasteiger partial charge in [-0.05, 0) is 0 Å². The van der Waals surface area contributed by atoms with E-state index in [-0.39, 0.29) is 0 Å². The Morgan fingerprint density at radius 2 is 2.38 bits per heavy atom. The van der Waals surface area contributed by atoms with Crippen molar-refractivity contribution in [3.05, 3.63) is 10.1 Å². The fourth-order valence-corrected chi connectivity index (χ4v) is 0.138. The lowest BCUT2D eigenvalue weighted by Crippen LogP contribution is -2.41. The van der Waals surface area contributed by atoms with Crippen LogP contribution in [0.3, 0.4) is 0 Å². The third kappa shape index (κ3) is 5.25. The maximum absolute atomic E-state index is 9.44.